The highest BCUT2D eigenvalue weighted by atomic mass is 19.1. The van der Waals surface area contributed by atoms with E-state index in [-0.39, 0.29) is 5.91 Å². The van der Waals surface area contributed by atoms with Gasteiger partial charge in [0.2, 0.25) is 5.91 Å². The summed E-state index contributed by atoms with van der Waals surface area (Å²) < 4.78 is 15.1. The second kappa shape index (κ2) is 5.39. The van der Waals surface area contributed by atoms with Crippen LogP contribution < -0.4 is 5.32 Å². The first-order valence-corrected chi connectivity index (χ1v) is 8.44. The Kier molecular flexibility index (Phi) is 3.12. The predicted octanol–water partition coefficient (Wildman–Crippen LogP) is 3.41. The van der Waals surface area contributed by atoms with Crippen molar-refractivity contribution >= 4 is 33.7 Å². The molecular formula is C19H16FN5O. The molecule has 2 atom stereocenters. The van der Waals surface area contributed by atoms with Gasteiger partial charge in [0.05, 0.1) is 40.7 Å². The van der Waals surface area contributed by atoms with Crippen molar-refractivity contribution in [1.82, 2.24) is 19.5 Å². The lowest BCUT2D eigenvalue weighted by Gasteiger charge is -2.06. The number of benzene rings is 1. The molecule has 0 aliphatic heterocycles. The van der Waals surface area contributed by atoms with Crippen molar-refractivity contribution in [2.24, 2.45) is 13.0 Å². The zero-order valence-corrected chi connectivity index (χ0v) is 14.0. The molecule has 1 aliphatic rings. The van der Waals surface area contributed by atoms with Gasteiger partial charge in [-0.15, -0.1) is 0 Å². The Morgan fingerprint density at radius 1 is 1.35 bits per heavy atom. The molecule has 2 N–H and O–H groups in total. The van der Waals surface area contributed by atoms with Gasteiger partial charge in [0, 0.05) is 18.0 Å². The first kappa shape index (κ1) is 15.1. The van der Waals surface area contributed by atoms with Gasteiger partial charge in [-0.3, -0.25) is 4.79 Å². The highest BCUT2D eigenvalue weighted by Gasteiger charge is 2.43. The Morgan fingerprint density at radius 2 is 2.19 bits per heavy atom. The van der Waals surface area contributed by atoms with Crippen molar-refractivity contribution in [1.29, 1.82) is 0 Å². The summed E-state index contributed by atoms with van der Waals surface area (Å²) in [5.41, 5.74) is 4.85. The van der Waals surface area contributed by atoms with Crippen molar-refractivity contribution in [2.45, 2.75) is 12.6 Å². The van der Waals surface area contributed by atoms with Gasteiger partial charge >= 0.3 is 0 Å². The van der Waals surface area contributed by atoms with Gasteiger partial charge in [-0.2, -0.15) is 0 Å². The molecule has 1 aromatic carbocycles. The molecule has 4 aromatic rings. The second-order valence-corrected chi connectivity index (χ2v) is 6.67. The number of H-pyrrole nitrogens is 1. The van der Waals surface area contributed by atoms with Crippen molar-refractivity contribution in [2.75, 3.05) is 5.32 Å². The Morgan fingerprint density at radius 3 is 3.00 bits per heavy atom. The minimum Gasteiger partial charge on any atom is -0.345 e. The lowest BCUT2D eigenvalue weighted by atomic mass is 10.1. The van der Waals surface area contributed by atoms with E-state index in [1.165, 1.54) is 0 Å². The Bertz CT molecular complexity index is 1160. The highest BCUT2D eigenvalue weighted by molar-refractivity contribution is 5.98. The maximum Gasteiger partial charge on any atom is 0.231 e. The van der Waals surface area contributed by atoms with E-state index in [1.54, 1.807) is 12.5 Å². The fourth-order valence-corrected chi connectivity index (χ4v) is 3.39. The molecule has 1 aliphatic carbocycles. The normalized spacial score (nSPS) is 19.2. The number of para-hydroxylation sites is 1. The Balaban J connectivity index is 1.56. The number of nitrogens with one attached hydrogen (secondary N) is 2. The number of hydrogen-bond donors (Lipinski definition) is 2. The van der Waals surface area contributed by atoms with Gasteiger partial charge < -0.3 is 14.9 Å². The summed E-state index contributed by atoms with van der Waals surface area (Å²) in [6.45, 7) is 0. The van der Waals surface area contributed by atoms with E-state index in [4.69, 9.17) is 0 Å². The third kappa shape index (κ3) is 2.28. The molecule has 1 saturated carbocycles. The molecule has 130 valence electrons. The number of aryl methyl sites for hydroxylation is 1. The maximum atomic E-state index is 13.0. The second-order valence-electron chi connectivity index (χ2n) is 6.67. The lowest BCUT2D eigenvalue weighted by molar-refractivity contribution is -0.117. The summed E-state index contributed by atoms with van der Waals surface area (Å²) in [5, 5.41) is 3.66. The zero-order chi connectivity index (χ0) is 17.8. The molecule has 7 heteroatoms. The van der Waals surface area contributed by atoms with Gasteiger partial charge in [-0.05, 0) is 24.6 Å². The van der Waals surface area contributed by atoms with Crippen molar-refractivity contribution in [3.05, 3.63) is 42.9 Å². The van der Waals surface area contributed by atoms with Gasteiger partial charge in [0.15, 0.2) is 0 Å². The summed E-state index contributed by atoms with van der Waals surface area (Å²) in [7, 11) is 1.97. The van der Waals surface area contributed by atoms with Crippen molar-refractivity contribution in [3.63, 3.8) is 0 Å². The first-order chi connectivity index (χ1) is 12.6. The van der Waals surface area contributed by atoms with Crippen LogP contribution in [-0.4, -0.2) is 31.6 Å². The number of nitrogens with zero attached hydrogens (tertiary/aromatic N) is 3. The number of alkyl halides is 1. The van der Waals surface area contributed by atoms with Crippen LogP contribution in [0.4, 0.5) is 10.2 Å². The Hall–Kier alpha value is -3.22. The summed E-state index contributed by atoms with van der Waals surface area (Å²) in [6.07, 6.45) is 2.69. The van der Waals surface area contributed by atoms with E-state index in [9.17, 15) is 9.18 Å². The molecule has 1 fully saturated rings. The van der Waals surface area contributed by atoms with E-state index in [2.05, 4.69) is 24.8 Å². The molecule has 3 heterocycles. The maximum absolute atomic E-state index is 13.0. The minimum atomic E-state index is -1.02. The zero-order valence-electron chi connectivity index (χ0n) is 14.0. The summed E-state index contributed by atoms with van der Waals surface area (Å²) in [5.74, 6) is -0.394. The molecule has 3 aromatic heterocycles. The minimum absolute atomic E-state index is 0.303. The SMILES string of the molecule is Cn1c(-c2cccc3[nH]cnc23)cc2cc(NC(=O)[C@@H]3C[C@@H]3F)ncc21. The Labute approximate surface area is 148 Å². The van der Waals surface area contributed by atoms with E-state index in [0.29, 0.717) is 12.2 Å². The van der Waals surface area contributed by atoms with Gasteiger partial charge in [0.1, 0.15) is 12.0 Å². The van der Waals surface area contributed by atoms with Crippen LogP contribution in [0.1, 0.15) is 6.42 Å². The standard InChI is InChI=1S/C19H16FN5O/c1-25-15(11-3-2-4-14-18(11)23-9-22-14)5-10-6-17(21-8-16(10)25)24-19(26)12-7-13(12)20/h2-6,8-9,12-13H,7H2,1H3,(H,22,23)(H,21,24,26)/t12-,13+/m1/s1. The van der Waals surface area contributed by atoms with Gasteiger partial charge in [0.25, 0.3) is 0 Å². The predicted molar refractivity (Wildman–Crippen MR) is 97.4 cm³/mol. The smallest absolute Gasteiger partial charge is 0.231 e. The number of carbonyl (C=O) groups excluding carboxylic acids is 1. The number of imidazole rings is 1. The lowest BCUT2D eigenvalue weighted by Crippen LogP contribution is -2.15. The molecule has 1 amide bonds. The number of hydrogen-bond acceptors (Lipinski definition) is 3. The summed E-state index contributed by atoms with van der Waals surface area (Å²) in [4.78, 5) is 23.8. The molecular weight excluding hydrogens is 333 g/mol. The third-order valence-corrected chi connectivity index (χ3v) is 4.96. The largest absolute Gasteiger partial charge is 0.345 e. The molecule has 26 heavy (non-hydrogen) atoms. The molecule has 0 unspecified atom stereocenters. The molecule has 6 nitrogen and oxygen atoms in total. The monoisotopic (exact) mass is 349 g/mol. The van der Waals surface area contributed by atoms with Crippen LogP contribution in [0.15, 0.2) is 42.9 Å². The van der Waals surface area contributed by atoms with E-state index in [0.717, 1.165) is 33.2 Å². The van der Waals surface area contributed by atoms with Crippen LogP contribution in [0, 0.1) is 5.92 Å². The van der Waals surface area contributed by atoms with Gasteiger partial charge in [-0.1, -0.05) is 12.1 Å². The number of aromatic amines is 1. The number of aromatic nitrogens is 4. The van der Waals surface area contributed by atoms with Crippen molar-refractivity contribution < 1.29 is 9.18 Å². The third-order valence-electron chi connectivity index (χ3n) is 4.96. The van der Waals surface area contributed by atoms with E-state index < -0.39 is 12.1 Å². The number of pyridine rings is 1. The highest BCUT2D eigenvalue weighted by Crippen LogP contribution is 2.35. The van der Waals surface area contributed by atoms with Crippen LogP contribution in [0.5, 0.6) is 0 Å². The molecule has 0 saturated heterocycles. The topological polar surface area (TPSA) is 75.6 Å². The fraction of sp³-hybridized carbons (Fsp3) is 0.211. The van der Waals surface area contributed by atoms with Crippen LogP contribution in [-0.2, 0) is 11.8 Å². The van der Waals surface area contributed by atoms with Crippen LogP contribution in [0.3, 0.4) is 0 Å². The fourth-order valence-electron chi connectivity index (χ4n) is 3.39. The molecule has 0 radical (unpaired) electrons. The number of anilines is 1. The summed E-state index contributed by atoms with van der Waals surface area (Å²) in [6, 6.07) is 9.87. The molecule has 0 bridgehead atoms. The average molecular weight is 349 g/mol. The number of fused-ring (bicyclic) bond motifs is 2. The van der Waals surface area contributed by atoms with Crippen LogP contribution >= 0.6 is 0 Å². The average Bonchev–Trinajstić information content (AvgIpc) is 3.04. The van der Waals surface area contributed by atoms with Crippen LogP contribution in [0.2, 0.25) is 0 Å². The summed E-state index contributed by atoms with van der Waals surface area (Å²) >= 11 is 0. The number of halogens is 1. The van der Waals surface area contributed by atoms with E-state index >= 15 is 0 Å². The first-order valence-electron chi connectivity index (χ1n) is 8.44. The molecule has 0 spiro atoms. The van der Waals surface area contributed by atoms with E-state index in [1.807, 2.05) is 37.4 Å². The quantitative estimate of drug-likeness (QED) is 0.595. The number of rotatable bonds is 3. The van der Waals surface area contributed by atoms with Crippen LogP contribution in [0.25, 0.3) is 33.2 Å². The number of amides is 1. The van der Waals surface area contributed by atoms with Crippen molar-refractivity contribution in [3.8, 4) is 11.3 Å². The number of carbonyl (C=O) groups is 1. The molecule has 5 rings (SSSR count). The van der Waals surface area contributed by atoms with Gasteiger partial charge in [-0.25, -0.2) is 14.4 Å².